The van der Waals surface area contributed by atoms with Crippen LogP contribution in [-0.2, 0) is 11.8 Å². The van der Waals surface area contributed by atoms with E-state index in [1.807, 2.05) is 0 Å². The fourth-order valence-corrected chi connectivity index (χ4v) is 2.70. The lowest BCUT2D eigenvalue weighted by Gasteiger charge is -2.37. The number of aromatic nitrogens is 1. The largest absolute Gasteiger partial charge is 0.378 e. The van der Waals surface area contributed by atoms with Crippen LogP contribution in [0.25, 0.3) is 0 Å². The second kappa shape index (κ2) is 5.27. The zero-order valence-corrected chi connectivity index (χ0v) is 12.4. The Bertz CT molecular complexity index is 573. The van der Waals surface area contributed by atoms with E-state index in [1.54, 1.807) is 7.05 Å². The zero-order valence-electron chi connectivity index (χ0n) is 10.9. The summed E-state index contributed by atoms with van der Waals surface area (Å²) in [6.07, 6.45) is 0.748. The van der Waals surface area contributed by atoms with Crippen molar-refractivity contribution in [2.45, 2.75) is 18.4 Å². The molecule has 2 rings (SSSR count). The molecule has 0 aromatic carbocycles. The lowest BCUT2D eigenvalue weighted by molar-refractivity contribution is -0.140. The van der Waals surface area contributed by atoms with E-state index in [1.165, 1.54) is 15.5 Å². The van der Waals surface area contributed by atoms with Crippen LogP contribution in [-0.4, -0.2) is 45.1 Å². The zero-order chi connectivity index (χ0) is 15.1. The molecule has 2 amide bonds. The molecule has 1 atom stereocenters. The van der Waals surface area contributed by atoms with Gasteiger partial charge in [0.05, 0.1) is 11.6 Å². The van der Waals surface area contributed by atoms with E-state index < -0.39 is 11.5 Å². The third kappa shape index (κ3) is 2.51. The van der Waals surface area contributed by atoms with Crippen LogP contribution in [0.3, 0.4) is 0 Å². The standard InChI is InChI=1S/C12H15Cl2N3O3/c1-16-8(5-7(13)9(16)14)10(18)17-4-2-3-12(20,6-17)11(15)19/h5,20H,2-4,6H2,1H3,(H2,15,19)/t12-/m1/s1. The number of carbonyl (C=O) groups is 2. The van der Waals surface area contributed by atoms with E-state index in [9.17, 15) is 14.7 Å². The van der Waals surface area contributed by atoms with Crippen LogP contribution in [0.5, 0.6) is 0 Å². The molecule has 1 fully saturated rings. The number of carbonyl (C=O) groups excluding carboxylic acids is 2. The van der Waals surface area contributed by atoms with Gasteiger partial charge >= 0.3 is 0 Å². The van der Waals surface area contributed by atoms with Crippen molar-refractivity contribution in [3.8, 4) is 0 Å². The van der Waals surface area contributed by atoms with Crippen molar-refractivity contribution in [1.82, 2.24) is 9.47 Å². The molecule has 2 heterocycles. The number of hydrogen-bond donors (Lipinski definition) is 2. The van der Waals surface area contributed by atoms with Crippen molar-refractivity contribution in [2.75, 3.05) is 13.1 Å². The maximum Gasteiger partial charge on any atom is 0.270 e. The molecule has 1 aliphatic heterocycles. The monoisotopic (exact) mass is 319 g/mol. The quantitative estimate of drug-likeness (QED) is 0.844. The van der Waals surface area contributed by atoms with Gasteiger partial charge in [-0.25, -0.2) is 0 Å². The van der Waals surface area contributed by atoms with Crippen LogP contribution < -0.4 is 5.73 Å². The van der Waals surface area contributed by atoms with Gasteiger partial charge in [0.1, 0.15) is 10.8 Å². The van der Waals surface area contributed by atoms with Crippen LogP contribution in [0.4, 0.5) is 0 Å². The Morgan fingerprint density at radius 1 is 1.45 bits per heavy atom. The molecular weight excluding hydrogens is 305 g/mol. The number of aliphatic hydroxyl groups is 1. The van der Waals surface area contributed by atoms with Crippen LogP contribution in [0, 0.1) is 0 Å². The number of likely N-dealkylation sites (tertiary alicyclic amines) is 1. The van der Waals surface area contributed by atoms with Gasteiger partial charge < -0.3 is 20.3 Å². The highest BCUT2D eigenvalue weighted by Gasteiger charge is 2.40. The topological polar surface area (TPSA) is 88.6 Å². The first-order chi connectivity index (χ1) is 9.26. The number of primary amides is 1. The Morgan fingerprint density at radius 2 is 2.10 bits per heavy atom. The number of rotatable bonds is 2. The van der Waals surface area contributed by atoms with Gasteiger partial charge in [-0.3, -0.25) is 9.59 Å². The van der Waals surface area contributed by atoms with E-state index in [-0.39, 0.29) is 29.0 Å². The Hall–Kier alpha value is -1.24. The summed E-state index contributed by atoms with van der Waals surface area (Å²) < 4.78 is 1.46. The first kappa shape index (κ1) is 15.2. The van der Waals surface area contributed by atoms with Gasteiger partial charge in [-0.05, 0) is 18.9 Å². The third-order valence-electron chi connectivity index (χ3n) is 3.55. The van der Waals surface area contributed by atoms with E-state index in [0.717, 1.165) is 0 Å². The summed E-state index contributed by atoms with van der Waals surface area (Å²) in [7, 11) is 1.62. The molecule has 1 aromatic heterocycles. The summed E-state index contributed by atoms with van der Waals surface area (Å²) in [5.74, 6) is -1.17. The average Bonchev–Trinajstić information content (AvgIpc) is 2.65. The van der Waals surface area contributed by atoms with Crippen molar-refractivity contribution in [3.05, 3.63) is 21.9 Å². The maximum absolute atomic E-state index is 12.4. The van der Waals surface area contributed by atoms with E-state index in [4.69, 9.17) is 28.9 Å². The van der Waals surface area contributed by atoms with Crippen molar-refractivity contribution in [3.63, 3.8) is 0 Å². The minimum atomic E-state index is -1.67. The predicted octanol–water partition coefficient (Wildman–Crippen LogP) is 0.784. The second-order valence-corrected chi connectivity index (χ2v) is 5.72. The van der Waals surface area contributed by atoms with Crippen molar-refractivity contribution in [2.24, 2.45) is 12.8 Å². The molecule has 0 unspecified atom stereocenters. The molecule has 0 saturated carbocycles. The summed E-state index contributed by atoms with van der Waals surface area (Å²) in [4.78, 5) is 25.1. The highest BCUT2D eigenvalue weighted by molar-refractivity contribution is 6.41. The van der Waals surface area contributed by atoms with Gasteiger partial charge in [-0.2, -0.15) is 0 Å². The number of nitrogens with zero attached hydrogens (tertiary/aromatic N) is 2. The van der Waals surface area contributed by atoms with Crippen LogP contribution in [0.1, 0.15) is 23.3 Å². The molecule has 1 aliphatic rings. The molecule has 0 spiro atoms. The van der Waals surface area contributed by atoms with Crippen LogP contribution in [0.2, 0.25) is 10.2 Å². The van der Waals surface area contributed by atoms with Gasteiger partial charge in [0.15, 0.2) is 5.60 Å². The summed E-state index contributed by atoms with van der Waals surface area (Å²) in [5, 5.41) is 10.7. The Kier molecular flexibility index (Phi) is 4.00. The summed E-state index contributed by atoms with van der Waals surface area (Å²) in [6.45, 7) is 0.316. The molecule has 1 aromatic rings. The molecule has 0 aliphatic carbocycles. The Labute approximate surface area is 126 Å². The summed E-state index contributed by atoms with van der Waals surface area (Å²) >= 11 is 11.8. The minimum Gasteiger partial charge on any atom is -0.378 e. The Morgan fingerprint density at radius 3 is 2.60 bits per heavy atom. The SMILES string of the molecule is Cn1c(C(=O)N2CCC[C@](O)(C(N)=O)C2)cc(Cl)c1Cl. The van der Waals surface area contributed by atoms with Crippen LogP contribution in [0.15, 0.2) is 6.07 Å². The smallest absolute Gasteiger partial charge is 0.270 e. The van der Waals surface area contributed by atoms with E-state index >= 15 is 0 Å². The molecule has 20 heavy (non-hydrogen) atoms. The van der Waals surface area contributed by atoms with Gasteiger partial charge in [-0.1, -0.05) is 23.2 Å². The highest BCUT2D eigenvalue weighted by Crippen LogP contribution is 2.28. The maximum atomic E-state index is 12.4. The molecule has 3 N–H and O–H groups in total. The number of hydrogen-bond acceptors (Lipinski definition) is 3. The number of β-amino-alcohol motifs (C(OH)–C–C–N with tert-alkyl or cyclic N) is 1. The summed E-state index contributed by atoms with van der Waals surface area (Å²) in [6, 6.07) is 1.46. The van der Waals surface area contributed by atoms with E-state index in [0.29, 0.717) is 18.7 Å². The molecule has 110 valence electrons. The van der Waals surface area contributed by atoms with Gasteiger partial charge in [0, 0.05) is 13.6 Å². The molecule has 0 bridgehead atoms. The normalized spacial score (nSPS) is 22.9. The van der Waals surface area contributed by atoms with Gasteiger partial charge in [0.2, 0.25) is 0 Å². The molecule has 8 heteroatoms. The second-order valence-electron chi connectivity index (χ2n) is 4.95. The molecule has 6 nitrogen and oxygen atoms in total. The highest BCUT2D eigenvalue weighted by atomic mass is 35.5. The van der Waals surface area contributed by atoms with Gasteiger partial charge in [-0.15, -0.1) is 0 Å². The van der Waals surface area contributed by atoms with Gasteiger partial charge in [0.25, 0.3) is 11.8 Å². The lowest BCUT2D eigenvalue weighted by Crippen LogP contribution is -2.57. The third-order valence-corrected chi connectivity index (χ3v) is 4.39. The number of amides is 2. The van der Waals surface area contributed by atoms with Crippen LogP contribution >= 0.6 is 23.2 Å². The number of halogens is 2. The fourth-order valence-electron chi connectivity index (χ4n) is 2.32. The first-order valence-corrected chi connectivity index (χ1v) is 6.84. The number of piperidine rings is 1. The lowest BCUT2D eigenvalue weighted by atomic mass is 9.92. The van der Waals surface area contributed by atoms with Crippen molar-refractivity contribution < 1.29 is 14.7 Å². The molecular formula is C12H15Cl2N3O3. The fraction of sp³-hybridized carbons (Fsp3) is 0.500. The average molecular weight is 320 g/mol. The summed E-state index contributed by atoms with van der Waals surface area (Å²) in [5.41, 5.74) is 3.81. The van der Waals surface area contributed by atoms with Crippen molar-refractivity contribution >= 4 is 35.0 Å². The first-order valence-electron chi connectivity index (χ1n) is 6.08. The molecule has 1 saturated heterocycles. The van der Waals surface area contributed by atoms with Crippen molar-refractivity contribution in [1.29, 1.82) is 0 Å². The number of nitrogens with two attached hydrogens (primary N) is 1. The minimum absolute atomic E-state index is 0.123. The molecule has 0 radical (unpaired) electrons. The van der Waals surface area contributed by atoms with E-state index in [2.05, 4.69) is 0 Å². The Balaban J connectivity index is 2.25. The predicted molar refractivity (Wildman–Crippen MR) is 74.7 cm³/mol.